The summed E-state index contributed by atoms with van der Waals surface area (Å²) in [6.07, 6.45) is 4.33. The number of pyridine rings is 1. The van der Waals surface area contributed by atoms with Gasteiger partial charge in [-0.3, -0.25) is 4.79 Å². The van der Waals surface area contributed by atoms with E-state index in [-0.39, 0.29) is 18.3 Å². The molecule has 0 saturated carbocycles. The molecule has 1 aromatic heterocycles. The van der Waals surface area contributed by atoms with Crippen molar-refractivity contribution in [3.8, 4) is 0 Å². The van der Waals surface area contributed by atoms with Crippen LogP contribution in [0.15, 0.2) is 42.5 Å². The van der Waals surface area contributed by atoms with Crippen LogP contribution in [0, 0.1) is 0 Å². The van der Waals surface area contributed by atoms with Gasteiger partial charge in [0, 0.05) is 30.4 Å². The molecule has 0 aliphatic heterocycles. The molecule has 0 saturated heterocycles. The minimum Gasteiger partial charge on any atom is -0.398 e. The first-order valence-corrected chi connectivity index (χ1v) is 9.98. The number of unbranched alkanes of at least 4 members (excludes halogenated alkanes) is 3. The third-order valence-electron chi connectivity index (χ3n) is 4.88. The highest BCUT2D eigenvalue weighted by Gasteiger charge is 2.14. The molecular weight excluding hydrogens is 386 g/mol. The number of para-hydroxylation sites is 2. The van der Waals surface area contributed by atoms with Gasteiger partial charge in [0.15, 0.2) is 0 Å². The average molecular weight is 416 g/mol. The molecule has 3 rings (SSSR count). The normalized spacial score (nSPS) is 10.8. The standard InChI is InChI=1S/C22H29N5O.ClH/c23-12-15-25-13-5-1-2-6-14-26-22(28)18-10-7-9-17-20(24)16-8-3-4-11-19(16)27-21(17)18;/h3-4,7-11,25H,1-2,5-6,12-15,23H2,(H2,24,27)(H,26,28);1H. The number of anilines is 1. The number of nitrogens with one attached hydrogen (secondary N) is 2. The number of nitrogens with zero attached hydrogens (tertiary/aromatic N) is 1. The molecule has 156 valence electrons. The van der Waals surface area contributed by atoms with Crippen molar-refractivity contribution in [2.24, 2.45) is 5.73 Å². The first-order chi connectivity index (χ1) is 13.7. The van der Waals surface area contributed by atoms with Crippen LogP contribution < -0.4 is 22.1 Å². The summed E-state index contributed by atoms with van der Waals surface area (Å²) in [5.41, 5.74) is 14.5. The Kier molecular flexibility index (Phi) is 9.12. The van der Waals surface area contributed by atoms with Gasteiger partial charge < -0.3 is 22.1 Å². The molecule has 0 atom stereocenters. The molecule has 2 aromatic carbocycles. The molecule has 0 spiro atoms. The van der Waals surface area contributed by atoms with Crippen molar-refractivity contribution in [1.29, 1.82) is 0 Å². The molecule has 0 radical (unpaired) electrons. The van der Waals surface area contributed by atoms with Crippen LogP contribution in [0.2, 0.25) is 0 Å². The van der Waals surface area contributed by atoms with Gasteiger partial charge in [-0.05, 0) is 31.5 Å². The fourth-order valence-corrected chi connectivity index (χ4v) is 3.38. The molecule has 6 nitrogen and oxygen atoms in total. The van der Waals surface area contributed by atoms with Crippen molar-refractivity contribution in [2.45, 2.75) is 25.7 Å². The van der Waals surface area contributed by atoms with E-state index in [0.717, 1.165) is 55.1 Å². The lowest BCUT2D eigenvalue weighted by atomic mass is 10.0. The van der Waals surface area contributed by atoms with Crippen molar-refractivity contribution in [1.82, 2.24) is 15.6 Å². The monoisotopic (exact) mass is 415 g/mol. The average Bonchev–Trinajstić information content (AvgIpc) is 2.72. The maximum atomic E-state index is 12.7. The summed E-state index contributed by atoms with van der Waals surface area (Å²) in [6, 6.07) is 13.3. The van der Waals surface area contributed by atoms with E-state index in [1.165, 1.54) is 0 Å². The number of nitrogen functional groups attached to an aromatic ring is 1. The van der Waals surface area contributed by atoms with Crippen LogP contribution in [0.3, 0.4) is 0 Å². The molecule has 0 unspecified atom stereocenters. The fourth-order valence-electron chi connectivity index (χ4n) is 3.38. The van der Waals surface area contributed by atoms with E-state index in [2.05, 4.69) is 10.6 Å². The Balaban J connectivity index is 0.00000300. The molecule has 0 aliphatic rings. The summed E-state index contributed by atoms with van der Waals surface area (Å²) in [5, 5.41) is 8.03. The SMILES string of the molecule is Cl.NCCNCCCCCCNC(=O)c1cccc2c(N)c3ccccc3nc12. The quantitative estimate of drug-likeness (QED) is 0.300. The van der Waals surface area contributed by atoms with E-state index in [1.807, 2.05) is 42.5 Å². The number of carbonyl (C=O) groups excluding carboxylic acids is 1. The highest BCUT2D eigenvalue weighted by Crippen LogP contribution is 2.29. The second-order valence-electron chi connectivity index (χ2n) is 6.95. The zero-order chi connectivity index (χ0) is 19.8. The number of hydrogen-bond donors (Lipinski definition) is 4. The number of aromatic nitrogens is 1. The third-order valence-corrected chi connectivity index (χ3v) is 4.88. The van der Waals surface area contributed by atoms with Gasteiger partial charge in [-0.25, -0.2) is 4.98 Å². The highest BCUT2D eigenvalue weighted by molar-refractivity contribution is 6.13. The number of carbonyl (C=O) groups is 1. The Morgan fingerprint density at radius 1 is 0.897 bits per heavy atom. The van der Waals surface area contributed by atoms with Gasteiger partial charge >= 0.3 is 0 Å². The second kappa shape index (κ2) is 11.6. The summed E-state index contributed by atoms with van der Waals surface area (Å²) in [5.74, 6) is -0.0996. The lowest BCUT2D eigenvalue weighted by Gasteiger charge is -2.11. The second-order valence-corrected chi connectivity index (χ2v) is 6.95. The predicted octanol–water partition coefficient (Wildman–Crippen LogP) is 3.23. The minimum atomic E-state index is -0.0996. The van der Waals surface area contributed by atoms with Crippen LogP contribution in [0.4, 0.5) is 5.69 Å². The van der Waals surface area contributed by atoms with Gasteiger partial charge in [-0.1, -0.05) is 43.2 Å². The molecule has 0 bridgehead atoms. The van der Waals surface area contributed by atoms with Crippen LogP contribution in [0.25, 0.3) is 21.8 Å². The smallest absolute Gasteiger partial charge is 0.253 e. The van der Waals surface area contributed by atoms with Crippen molar-refractivity contribution in [3.05, 3.63) is 48.0 Å². The predicted molar refractivity (Wildman–Crippen MR) is 124 cm³/mol. The maximum absolute atomic E-state index is 12.7. The minimum absolute atomic E-state index is 0. The van der Waals surface area contributed by atoms with Crippen LogP contribution in [-0.4, -0.2) is 37.1 Å². The maximum Gasteiger partial charge on any atom is 0.253 e. The van der Waals surface area contributed by atoms with E-state index in [0.29, 0.717) is 29.9 Å². The van der Waals surface area contributed by atoms with Gasteiger partial charge in [0.05, 0.1) is 22.3 Å². The summed E-state index contributed by atoms with van der Waals surface area (Å²) < 4.78 is 0. The molecule has 1 heterocycles. The molecular formula is C22H30ClN5O. The van der Waals surface area contributed by atoms with E-state index in [9.17, 15) is 4.79 Å². The lowest BCUT2D eigenvalue weighted by molar-refractivity contribution is 0.0954. The van der Waals surface area contributed by atoms with Gasteiger partial charge in [-0.15, -0.1) is 12.4 Å². The van der Waals surface area contributed by atoms with Crippen LogP contribution in [0.1, 0.15) is 36.0 Å². The Labute approximate surface area is 177 Å². The Bertz CT molecular complexity index is 947. The molecule has 1 amide bonds. The van der Waals surface area contributed by atoms with Crippen molar-refractivity contribution < 1.29 is 4.79 Å². The number of halogens is 1. The number of amides is 1. The molecule has 7 heteroatoms. The Morgan fingerprint density at radius 3 is 2.41 bits per heavy atom. The number of hydrogen-bond acceptors (Lipinski definition) is 5. The molecule has 0 fully saturated rings. The first-order valence-electron chi connectivity index (χ1n) is 9.98. The number of benzene rings is 2. The van der Waals surface area contributed by atoms with Crippen molar-refractivity contribution in [2.75, 3.05) is 31.9 Å². The number of nitrogens with two attached hydrogens (primary N) is 2. The summed E-state index contributed by atoms with van der Waals surface area (Å²) in [4.78, 5) is 17.4. The highest BCUT2D eigenvalue weighted by atomic mass is 35.5. The fraction of sp³-hybridized carbons (Fsp3) is 0.364. The van der Waals surface area contributed by atoms with E-state index < -0.39 is 0 Å². The van der Waals surface area contributed by atoms with Gasteiger partial charge in [0.1, 0.15) is 0 Å². The Morgan fingerprint density at radius 2 is 1.62 bits per heavy atom. The summed E-state index contributed by atoms with van der Waals surface area (Å²) in [6.45, 7) is 3.21. The summed E-state index contributed by atoms with van der Waals surface area (Å²) in [7, 11) is 0. The lowest BCUT2D eigenvalue weighted by Crippen LogP contribution is -2.25. The van der Waals surface area contributed by atoms with E-state index >= 15 is 0 Å². The molecule has 6 N–H and O–H groups in total. The number of fused-ring (bicyclic) bond motifs is 2. The van der Waals surface area contributed by atoms with Crippen LogP contribution >= 0.6 is 12.4 Å². The van der Waals surface area contributed by atoms with Gasteiger partial charge in [0.2, 0.25) is 0 Å². The largest absolute Gasteiger partial charge is 0.398 e. The van der Waals surface area contributed by atoms with Gasteiger partial charge in [0.25, 0.3) is 5.91 Å². The topological polar surface area (TPSA) is 106 Å². The molecule has 0 aliphatic carbocycles. The van der Waals surface area contributed by atoms with E-state index in [1.54, 1.807) is 0 Å². The zero-order valence-corrected chi connectivity index (χ0v) is 17.4. The Hall–Kier alpha value is -2.41. The van der Waals surface area contributed by atoms with E-state index in [4.69, 9.17) is 16.5 Å². The number of rotatable bonds is 10. The van der Waals surface area contributed by atoms with Crippen molar-refractivity contribution >= 4 is 45.8 Å². The van der Waals surface area contributed by atoms with Crippen molar-refractivity contribution in [3.63, 3.8) is 0 Å². The third kappa shape index (κ3) is 5.79. The first kappa shape index (κ1) is 22.9. The molecule has 3 aromatic rings. The molecule has 29 heavy (non-hydrogen) atoms. The summed E-state index contributed by atoms with van der Waals surface area (Å²) >= 11 is 0. The van der Waals surface area contributed by atoms with Crippen LogP contribution in [0.5, 0.6) is 0 Å². The zero-order valence-electron chi connectivity index (χ0n) is 16.6. The van der Waals surface area contributed by atoms with Crippen LogP contribution in [-0.2, 0) is 0 Å². The van der Waals surface area contributed by atoms with Gasteiger partial charge in [-0.2, -0.15) is 0 Å².